The summed E-state index contributed by atoms with van der Waals surface area (Å²) in [6.45, 7) is 3.29. The van der Waals surface area contributed by atoms with Crippen molar-refractivity contribution < 1.29 is 14.7 Å². The molecule has 0 aromatic heterocycles. The highest BCUT2D eigenvalue weighted by Gasteiger charge is 2.44. The van der Waals surface area contributed by atoms with E-state index in [1.807, 2.05) is 0 Å². The average molecular weight is 265 g/mol. The molecule has 1 unspecified atom stereocenters. The maximum Gasteiger partial charge on any atom is 0.325 e. The third-order valence-corrected chi connectivity index (χ3v) is 2.76. The van der Waals surface area contributed by atoms with Gasteiger partial charge in [0, 0.05) is 5.33 Å². The van der Waals surface area contributed by atoms with Crippen molar-refractivity contribution in [3.05, 3.63) is 0 Å². The lowest BCUT2D eigenvalue weighted by Gasteiger charge is -2.17. The molecule has 0 aromatic carbocycles. The number of amides is 3. The van der Waals surface area contributed by atoms with Crippen LogP contribution in [-0.4, -0.2) is 45.5 Å². The van der Waals surface area contributed by atoms with Gasteiger partial charge in [0.15, 0.2) is 0 Å². The summed E-state index contributed by atoms with van der Waals surface area (Å²) in [6, 6.07) is -0.444. The van der Waals surface area contributed by atoms with Gasteiger partial charge in [-0.25, -0.2) is 4.79 Å². The Morgan fingerprint density at radius 2 is 2.14 bits per heavy atom. The maximum atomic E-state index is 11.6. The van der Waals surface area contributed by atoms with Crippen molar-refractivity contribution in [2.75, 3.05) is 11.9 Å². The summed E-state index contributed by atoms with van der Waals surface area (Å²) in [7, 11) is 0. The minimum atomic E-state index is -0.858. The Balaban J connectivity index is 2.71. The number of carbonyl (C=O) groups excluding carboxylic acids is 2. The third kappa shape index (κ3) is 2.06. The molecular formula is C8H13BrN2O3. The lowest BCUT2D eigenvalue weighted by Crippen LogP contribution is -2.41. The Morgan fingerprint density at radius 1 is 1.57 bits per heavy atom. The Morgan fingerprint density at radius 3 is 2.50 bits per heavy atom. The number of nitrogens with one attached hydrogen (secondary N) is 1. The zero-order valence-corrected chi connectivity index (χ0v) is 9.67. The first-order valence-electron chi connectivity index (χ1n) is 4.26. The largest absolute Gasteiger partial charge is 0.390 e. The Bertz CT molecular complexity index is 267. The van der Waals surface area contributed by atoms with Gasteiger partial charge < -0.3 is 10.4 Å². The van der Waals surface area contributed by atoms with Crippen molar-refractivity contribution in [3.63, 3.8) is 0 Å². The molecular weight excluding hydrogens is 252 g/mol. The van der Waals surface area contributed by atoms with Gasteiger partial charge >= 0.3 is 6.03 Å². The topological polar surface area (TPSA) is 69.6 Å². The first-order chi connectivity index (χ1) is 6.38. The zero-order chi connectivity index (χ0) is 10.9. The van der Waals surface area contributed by atoms with E-state index in [4.69, 9.17) is 0 Å². The van der Waals surface area contributed by atoms with E-state index in [0.29, 0.717) is 5.33 Å². The maximum absolute atomic E-state index is 11.6. The van der Waals surface area contributed by atoms with Gasteiger partial charge in [0.05, 0.1) is 12.6 Å². The van der Waals surface area contributed by atoms with Crippen LogP contribution in [0, 0.1) is 0 Å². The van der Waals surface area contributed by atoms with Gasteiger partial charge in [0.25, 0.3) is 5.91 Å². The first-order valence-corrected chi connectivity index (χ1v) is 5.39. The SMILES string of the molecule is CC1(C)NC(=O)N(CC(O)CBr)C1=O. The van der Waals surface area contributed by atoms with E-state index in [1.54, 1.807) is 13.8 Å². The molecule has 0 aliphatic carbocycles. The smallest absolute Gasteiger partial charge is 0.325 e. The number of aliphatic hydroxyl groups excluding tert-OH is 1. The predicted molar refractivity (Wildman–Crippen MR) is 54.1 cm³/mol. The van der Waals surface area contributed by atoms with Gasteiger partial charge in [-0.05, 0) is 13.8 Å². The van der Waals surface area contributed by atoms with Crippen molar-refractivity contribution in [1.29, 1.82) is 0 Å². The summed E-state index contributed by atoms with van der Waals surface area (Å²) in [5.41, 5.74) is -0.858. The average Bonchev–Trinajstić information content (AvgIpc) is 2.28. The van der Waals surface area contributed by atoms with E-state index in [2.05, 4.69) is 21.2 Å². The fourth-order valence-corrected chi connectivity index (χ4v) is 1.45. The number of alkyl halides is 1. The number of aliphatic hydroxyl groups is 1. The molecule has 1 saturated heterocycles. The van der Waals surface area contributed by atoms with Crippen LogP contribution in [0.3, 0.4) is 0 Å². The van der Waals surface area contributed by atoms with E-state index in [9.17, 15) is 14.7 Å². The summed E-state index contributed by atoms with van der Waals surface area (Å²) in [4.78, 5) is 24.0. The molecule has 1 fully saturated rings. The quantitative estimate of drug-likeness (QED) is 0.560. The van der Waals surface area contributed by atoms with E-state index < -0.39 is 17.7 Å². The van der Waals surface area contributed by atoms with Crippen LogP contribution in [-0.2, 0) is 4.79 Å². The van der Waals surface area contributed by atoms with Crippen molar-refractivity contribution in [1.82, 2.24) is 10.2 Å². The van der Waals surface area contributed by atoms with Gasteiger partial charge in [0.1, 0.15) is 5.54 Å². The molecule has 1 rings (SSSR count). The second-order valence-corrected chi connectivity index (χ2v) is 4.43. The minimum Gasteiger partial charge on any atom is -0.390 e. The van der Waals surface area contributed by atoms with Gasteiger partial charge in [-0.2, -0.15) is 0 Å². The fraction of sp³-hybridized carbons (Fsp3) is 0.750. The molecule has 5 nitrogen and oxygen atoms in total. The molecule has 1 aliphatic heterocycles. The van der Waals surface area contributed by atoms with Crippen LogP contribution in [0.15, 0.2) is 0 Å². The van der Waals surface area contributed by atoms with Crippen molar-refractivity contribution in [2.45, 2.75) is 25.5 Å². The van der Waals surface area contributed by atoms with Crippen LogP contribution in [0.1, 0.15) is 13.8 Å². The number of hydrogen-bond acceptors (Lipinski definition) is 3. The van der Waals surface area contributed by atoms with Crippen molar-refractivity contribution >= 4 is 27.9 Å². The number of β-amino-alcohol motifs (C(OH)–C–C–N with tert-alkyl or cyclic N) is 1. The summed E-state index contributed by atoms with van der Waals surface area (Å²) in [5.74, 6) is -0.303. The number of rotatable bonds is 3. The minimum absolute atomic E-state index is 0.0271. The number of carbonyl (C=O) groups is 2. The molecule has 0 bridgehead atoms. The standard InChI is InChI=1S/C8H13BrN2O3/c1-8(2)6(13)11(7(14)10-8)4-5(12)3-9/h5,12H,3-4H2,1-2H3,(H,10,14). The summed E-state index contributed by atoms with van der Waals surface area (Å²) in [6.07, 6.45) is -0.724. The monoisotopic (exact) mass is 264 g/mol. The fourth-order valence-electron chi connectivity index (χ4n) is 1.24. The normalized spacial score (nSPS) is 22.4. The van der Waals surface area contributed by atoms with Crippen molar-refractivity contribution in [3.8, 4) is 0 Å². The number of halogens is 1. The summed E-state index contributed by atoms with van der Waals surface area (Å²) >= 11 is 3.07. The van der Waals surface area contributed by atoms with Gasteiger partial charge in [0.2, 0.25) is 0 Å². The summed E-state index contributed by atoms with van der Waals surface area (Å²) in [5, 5.41) is 12.2. The highest BCUT2D eigenvalue weighted by Crippen LogP contribution is 2.16. The molecule has 0 aromatic rings. The Kier molecular flexibility index (Phi) is 3.16. The molecule has 14 heavy (non-hydrogen) atoms. The number of imide groups is 1. The second kappa shape index (κ2) is 3.86. The van der Waals surface area contributed by atoms with Gasteiger partial charge in [-0.3, -0.25) is 9.69 Å². The number of urea groups is 1. The van der Waals surface area contributed by atoms with E-state index in [-0.39, 0.29) is 12.5 Å². The molecule has 0 spiro atoms. The van der Waals surface area contributed by atoms with Crippen LogP contribution >= 0.6 is 15.9 Å². The first kappa shape index (κ1) is 11.5. The third-order valence-electron chi connectivity index (χ3n) is 2.02. The lowest BCUT2D eigenvalue weighted by atomic mass is 10.1. The molecule has 0 saturated carbocycles. The van der Waals surface area contributed by atoms with E-state index in [1.165, 1.54) is 0 Å². The highest BCUT2D eigenvalue weighted by atomic mass is 79.9. The predicted octanol–water partition coefficient (Wildman–Crippen LogP) is 0.0726. The molecule has 1 aliphatic rings. The number of nitrogens with zero attached hydrogens (tertiary/aromatic N) is 1. The molecule has 0 radical (unpaired) electrons. The lowest BCUT2D eigenvalue weighted by molar-refractivity contribution is -0.131. The zero-order valence-electron chi connectivity index (χ0n) is 8.08. The highest BCUT2D eigenvalue weighted by molar-refractivity contribution is 9.09. The molecule has 3 amide bonds. The van der Waals surface area contributed by atoms with E-state index in [0.717, 1.165) is 4.90 Å². The second-order valence-electron chi connectivity index (χ2n) is 3.78. The van der Waals surface area contributed by atoms with Crippen LogP contribution in [0.4, 0.5) is 4.79 Å². The Labute approximate surface area is 90.6 Å². The molecule has 1 heterocycles. The van der Waals surface area contributed by atoms with Gasteiger partial charge in [-0.15, -0.1) is 0 Å². The molecule has 1 atom stereocenters. The molecule has 80 valence electrons. The Hall–Kier alpha value is -0.620. The van der Waals surface area contributed by atoms with Crippen LogP contribution in [0.25, 0.3) is 0 Å². The van der Waals surface area contributed by atoms with Crippen LogP contribution in [0.5, 0.6) is 0 Å². The van der Waals surface area contributed by atoms with Crippen LogP contribution < -0.4 is 5.32 Å². The number of hydrogen-bond donors (Lipinski definition) is 2. The van der Waals surface area contributed by atoms with Crippen molar-refractivity contribution in [2.24, 2.45) is 0 Å². The molecule has 6 heteroatoms. The summed E-state index contributed by atoms with van der Waals surface area (Å²) < 4.78 is 0. The van der Waals surface area contributed by atoms with Gasteiger partial charge in [-0.1, -0.05) is 15.9 Å². The van der Waals surface area contributed by atoms with Crippen LogP contribution in [0.2, 0.25) is 0 Å². The molecule has 2 N–H and O–H groups in total. The van der Waals surface area contributed by atoms with E-state index >= 15 is 0 Å².